The maximum Gasteiger partial charge on any atom is 0.221 e. The van der Waals surface area contributed by atoms with Crippen molar-refractivity contribution in [1.82, 2.24) is 10.2 Å². The first-order chi connectivity index (χ1) is 12.7. The Bertz CT molecular complexity index is 564. The average Bonchev–Trinajstić information content (AvgIpc) is 3.17. The summed E-state index contributed by atoms with van der Waals surface area (Å²) < 4.78 is 5.39. The van der Waals surface area contributed by atoms with Gasteiger partial charge in [-0.3, -0.25) is 9.69 Å². The first-order valence-corrected chi connectivity index (χ1v) is 10.1. The van der Waals surface area contributed by atoms with Gasteiger partial charge in [-0.15, -0.1) is 0 Å². The smallest absolute Gasteiger partial charge is 0.221 e. The maximum absolute atomic E-state index is 12.0. The molecule has 0 saturated carbocycles. The van der Waals surface area contributed by atoms with Crippen molar-refractivity contribution in [2.75, 3.05) is 57.4 Å². The van der Waals surface area contributed by atoms with Crippen molar-refractivity contribution < 1.29 is 9.53 Å². The van der Waals surface area contributed by atoms with Gasteiger partial charge in [-0.1, -0.05) is 12.1 Å². The number of nitrogens with zero attached hydrogens (tertiary/aromatic N) is 2. The van der Waals surface area contributed by atoms with E-state index in [2.05, 4.69) is 46.3 Å². The fraction of sp³-hybridized carbons (Fsp3) is 0.667. The topological polar surface area (TPSA) is 44.8 Å². The molecule has 2 aliphatic rings. The molecule has 0 radical (unpaired) electrons. The fourth-order valence-corrected chi connectivity index (χ4v) is 3.83. The van der Waals surface area contributed by atoms with Gasteiger partial charge in [-0.05, 0) is 49.8 Å². The summed E-state index contributed by atoms with van der Waals surface area (Å²) in [5.74, 6) is 0.894. The van der Waals surface area contributed by atoms with E-state index in [0.29, 0.717) is 12.3 Å². The molecule has 0 unspecified atom stereocenters. The molecule has 2 fully saturated rings. The second-order valence-electron chi connectivity index (χ2n) is 7.64. The lowest BCUT2D eigenvalue weighted by Gasteiger charge is -2.36. The number of hydrogen-bond acceptors (Lipinski definition) is 4. The minimum Gasteiger partial charge on any atom is -0.381 e. The molecular formula is C21H33N3O2. The number of benzene rings is 1. The lowest BCUT2D eigenvalue weighted by atomic mass is 10.0. The van der Waals surface area contributed by atoms with Crippen LogP contribution >= 0.6 is 0 Å². The van der Waals surface area contributed by atoms with Crippen LogP contribution in [0, 0.1) is 12.8 Å². The van der Waals surface area contributed by atoms with Gasteiger partial charge in [0.15, 0.2) is 0 Å². The van der Waals surface area contributed by atoms with Gasteiger partial charge >= 0.3 is 0 Å². The molecule has 144 valence electrons. The zero-order chi connectivity index (χ0) is 18.2. The van der Waals surface area contributed by atoms with Gasteiger partial charge in [0.2, 0.25) is 5.91 Å². The number of hydrogen-bond donors (Lipinski definition) is 1. The van der Waals surface area contributed by atoms with Crippen LogP contribution in [0.15, 0.2) is 24.3 Å². The number of nitrogens with one attached hydrogen (secondary N) is 1. The van der Waals surface area contributed by atoms with Gasteiger partial charge in [0.1, 0.15) is 0 Å². The summed E-state index contributed by atoms with van der Waals surface area (Å²) in [6, 6.07) is 8.70. The molecule has 2 heterocycles. The van der Waals surface area contributed by atoms with E-state index >= 15 is 0 Å². The van der Waals surface area contributed by atoms with Crippen LogP contribution < -0.4 is 10.2 Å². The first-order valence-electron chi connectivity index (χ1n) is 10.1. The van der Waals surface area contributed by atoms with Crippen molar-refractivity contribution >= 4 is 11.6 Å². The molecule has 5 heteroatoms. The number of carbonyl (C=O) groups excluding carboxylic acids is 1. The molecule has 1 aromatic rings. The molecule has 0 aromatic heterocycles. The van der Waals surface area contributed by atoms with Crippen molar-refractivity contribution in [3.63, 3.8) is 0 Å². The summed E-state index contributed by atoms with van der Waals surface area (Å²) >= 11 is 0. The third-order valence-electron chi connectivity index (χ3n) is 5.53. The largest absolute Gasteiger partial charge is 0.381 e. The van der Waals surface area contributed by atoms with Crippen molar-refractivity contribution in [2.24, 2.45) is 5.92 Å². The van der Waals surface area contributed by atoms with E-state index in [1.807, 2.05) is 0 Å². The molecule has 5 nitrogen and oxygen atoms in total. The molecular weight excluding hydrogens is 326 g/mol. The van der Waals surface area contributed by atoms with Crippen LogP contribution in [0.4, 0.5) is 5.69 Å². The van der Waals surface area contributed by atoms with Crippen molar-refractivity contribution in [2.45, 2.75) is 32.6 Å². The van der Waals surface area contributed by atoms with Crippen LogP contribution in [0.2, 0.25) is 0 Å². The summed E-state index contributed by atoms with van der Waals surface area (Å²) in [6.07, 6.45) is 4.02. The Balaban J connectivity index is 1.26. The predicted octanol–water partition coefficient (Wildman–Crippen LogP) is 2.44. The van der Waals surface area contributed by atoms with E-state index in [0.717, 1.165) is 58.9 Å². The standard InChI is InChI=1S/C21H33N3O2/c1-18-4-2-6-20(16-18)24-13-11-23(12-14-24)10-7-21(25)22-9-3-5-19-8-15-26-17-19/h2,4,6,16,19H,3,5,7-15,17H2,1H3,(H,22,25)/t19-/m0/s1. The van der Waals surface area contributed by atoms with Crippen LogP contribution in [0.1, 0.15) is 31.2 Å². The second-order valence-corrected chi connectivity index (χ2v) is 7.64. The van der Waals surface area contributed by atoms with E-state index in [-0.39, 0.29) is 5.91 Å². The predicted molar refractivity (Wildman–Crippen MR) is 106 cm³/mol. The van der Waals surface area contributed by atoms with Crippen molar-refractivity contribution in [1.29, 1.82) is 0 Å². The highest BCUT2D eigenvalue weighted by molar-refractivity contribution is 5.76. The molecule has 1 amide bonds. The Labute approximate surface area is 157 Å². The number of rotatable bonds is 8. The van der Waals surface area contributed by atoms with Gasteiger partial charge in [0, 0.05) is 64.6 Å². The van der Waals surface area contributed by atoms with Crippen LogP contribution in [-0.2, 0) is 9.53 Å². The molecule has 2 aliphatic heterocycles. The summed E-state index contributed by atoms with van der Waals surface area (Å²) in [4.78, 5) is 16.9. The number of carbonyl (C=O) groups is 1. The summed E-state index contributed by atoms with van der Waals surface area (Å²) in [5, 5.41) is 3.07. The monoisotopic (exact) mass is 359 g/mol. The molecule has 2 saturated heterocycles. The zero-order valence-electron chi connectivity index (χ0n) is 16.1. The van der Waals surface area contributed by atoms with Crippen molar-refractivity contribution in [3.05, 3.63) is 29.8 Å². The highest BCUT2D eigenvalue weighted by atomic mass is 16.5. The number of anilines is 1. The Hall–Kier alpha value is -1.59. The molecule has 1 aromatic carbocycles. The quantitative estimate of drug-likeness (QED) is 0.724. The van der Waals surface area contributed by atoms with Crippen LogP contribution in [0.25, 0.3) is 0 Å². The molecule has 3 rings (SSSR count). The van der Waals surface area contributed by atoms with E-state index < -0.39 is 0 Å². The second kappa shape index (κ2) is 9.93. The van der Waals surface area contributed by atoms with Gasteiger partial charge < -0.3 is 15.0 Å². The molecule has 0 spiro atoms. The molecule has 26 heavy (non-hydrogen) atoms. The highest BCUT2D eigenvalue weighted by Crippen LogP contribution is 2.18. The van der Waals surface area contributed by atoms with E-state index in [4.69, 9.17) is 4.74 Å². The molecule has 1 N–H and O–H groups in total. The van der Waals surface area contributed by atoms with Gasteiger partial charge in [0.05, 0.1) is 0 Å². The zero-order valence-corrected chi connectivity index (χ0v) is 16.1. The van der Waals surface area contributed by atoms with E-state index in [1.165, 1.54) is 24.1 Å². The molecule has 0 aliphatic carbocycles. The van der Waals surface area contributed by atoms with Crippen LogP contribution in [0.5, 0.6) is 0 Å². The lowest BCUT2D eigenvalue weighted by Crippen LogP contribution is -2.47. The Morgan fingerprint density at radius 2 is 2.12 bits per heavy atom. The van der Waals surface area contributed by atoms with Crippen molar-refractivity contribution in [3.8, 4) is 0 Å². The third kappa shape index (κ3) is 5.99. The Morgan fingerprint density at radius 1 is 1.27 bits per heavy atom. The summed E-state index contributed by atoms with van der Waals surface area (Å²) in [6.45, 7) is 9.76. The van der Waals surface area contributed by atoms with Gasteiger partial charge in [-0.2, -0.15) is 0 Å². The minimum absolute atomic E-state index is 0.189. The lowest BCUT2D eigenvalue weighted by molar-refractivity contribution is -0.121. The SMILES string of the molecule is Cc1cccc(N2CCN(CCC(=O)NCCC[C@H]3CCOC3)CC2)c1. The average molecular weight is 360 g/mol. The van der Waals surface area contributed by atoms with Crippen LogP contribution in [0.3, 0.4) is 0 Å². The normalized spacial score (nSPS) is 21.1. The van der Waals surface area contributed by atoms with E-state index in [1.54, 1.807) is 0 Å². The minimum atomic E-state index is 0.189. The number of amides is 1. The Kier molecular flexibility index (Phi) is 7.32. The third-order valence-corrected chi connectivity index (χ3v) is 5.53. The fourth-order valence-electron chi connectivity index (χ4n) is 3.83. The van der Waals surface area contributed by atoms with Gasteiger partial charge in [-0.25, -0.2) is 0 Å². The number of aryl methyl sites for hydroxylation is 1. The number of ether oxygens (including phenoxy) is 1. The highest BCUT2D eigenvalue weighted by Gasteiger charge is 2.18. The Morgan fingerprint density at radius 3 is 2.85 bits per heavy atom. The number of piperazine rings is 1. The molecule has 0 bridgehead atoms. The summed E-state index contributed by atoms with van der Waals surface area (Å²) in [5.41, 5.74) is 2.62. The van der Waals surface area contributed by atoms with Gasteiger partial charge in [0.25, 0.3) is 0 Å². The van der Waals surface area contributed by atoms with Crippen LogP contribution in [-0.4, -0.2) is 63.3 Å². The first kappa shape index (κ1) is 19.2. The van der Waals surface area contributed by atoms with E-state index in [9.17, 15) is 4.79 Å². The maximum atomic E-state index is 12.0. The summed E-state index contributed by atoms with van der Waals surface area (Å²) in [7, 11) is 0. The molecule has 1 atom stereocenters.